The lowest BCUT2D eigenvalue weighted by Crippen LogP contribution is -2.25. The first kappa shape index (κ1) is 28.6. The third kappa shape index (κ3) is 6.08. The van der Waals surface area contributed by atoms with Crippen LogP contribution in [-0.2, 0) is 28.9 Å². The lowest BCUT2D eigenvalue weighted by atomic mass is 10.1. The number of carbonyl (C=O) groups excluding carboxylic acids is 3. The van der Waals surface area contributed by atoms with Gasteiger partial charge in [-0.05, 0) is 81.8 Å². The van der Waals surface area contributed by atoms with Gasteiger partial charge in [-0.2, -0.15) is 0 Å². The Morgan fingerprint density at radius 2 is 2.02 bits per heavy atom. The van der Waals surface area contributed by atoms with Crippen LogP contribution in [0.2, 0.25) is 0 Å². The molecule has 12 heteroatoms. The molecular weight excluding hydrogens is 562 g/mol. The molecule has 10 nitrogen and oxygen atoms in total. The first-order valence-electron chi connectivity index (χ1n) is 13.4. The fraction of sp³-hybridized carbons (Fsp3) is 0.345. The van der Waals surface area contributed by atoms with E-state index >= 15 is 0 Å². The Kier molecular flexibility index (Phi) is 8.60. The molecule has 2 N–H and O–H groups in total. The number of fused-ring (bicyclic) bond motifs is 1. The second-order valence-corrected chi connectivity index (χ2v) is 12.1. The molecule has 0 spiro atoms. The lowest BCUT2D eigenvalue weighted by molar-refractivity contribution is -0.115. The fourth-order valence-corrected chi connectivity index (χ4v) is 6.84. The molecular formula is C29H31N5O5S2. The van der Waals surface area contributed by atoms with E-state index in [1.165, 1.54) is 29.4 Å². The smallest absolute Gasteiger partial charge is 0.341 e. The van der Waals surface area contributed by atoms with Crippen LogP contribution in [0.3, 0.4) is 0 Å². The van der Waals surface area contributed by atoms with E-state index in [4.69, 9.17) is 9.15 Å². The number of anilines is 1. The van der Waals surface area contributed by atoms with E-state index in [2.05, 4.69) is 20.8 Å². The van der Waals surface area contributed by atoms with E-state index in [1.807, 2.05) is 36.6 Å². The fourth-order valence-electron chi connectivity index (χ4n) is 4.68. The normalized spacial score (nSPS) is 13.1. The Labute approximate surface area is 245 Å². The summed E-state index contributed by atoms with van der Waals surface area (Å²) in [5, 5.41) is 15.0. The number of benzene rings is 1. The molecule has 3 heterocycles. The highest BCUT2D eigenvalue weighted by Gasteiger charge is 2.30. The maximum atomic E-state index is 13.4. The number of aryl methyl sites for hydroxylation is 3. The molecule has 3 aromatic heterocycles. The number of carbonyl (C=O) groups is 3. The molecule has 1 aliphatic rings. The van der Waals surface area contributed by atoms with E-state index in [1.54, 1.807) is 26.0 Å². The number of ether oxygens (including phenoxy) is 1. The number of esters is 1. The molecule has 0 aliphatic heterocycles. The van der Waals surface area contributed by atoms with Crippen LogP contribution in [0.5, 0.6) is 0 Å². The van der Waals surface area contributed by atoms with Gasteiger partial charge in [-0.1, -0.05) is 23.9 Å². The van der Waals surface area contributed by atoms with Crippen LogP contribution in [0, 0.1) is 13.8 Å². The number of aromatic nitrogens is 3. The number of nitrogens with one attached hydrogen (secondary N) is 2. The Morgan fingerprint density at radius 1 is 1.20 bits per heavy atom. The Morgan fingerprint density at radius 3 is 2.78 bits per heavy atom. The van der Waals surface area contributed by atoms with Crippen molar-refractivity contribution < 1.29 is 23.5 Å². The zero-order valence-electron chi connectivity index (χ0n) is 23.3. The van der Waals surface area contributed by atoms with Crippen LogP contribution in [0.25, 0.3) is 5.69 Å². The zero-order valence-corrected chi connectivity index (χ0v) is 24.9. The quantitative estimate of drug-likeness (QED) is 0.188. The predicted octanol–water partition coefficient (Wildman–Crippen LogP) is 5.25. The summed E-state index contributed by atoms with van der Waals surface area (Å²) in [5.74, 6) is -0.327. The van der Waals surface area contributed by atoms with Gasteiger partial charge in [-0.3, -0.25) is 14.2 Å². The minimum absolute atomic E-state index is 0.102. The average molecular weight is 594 g/mol. The summed E-state index contributed by atoms with van der Waals surface area (Å²) in [6, 6.07) is 9.28. The largest absolute Gasteiger partial charge is 0.462 e. The van der Waals surface area contributed by atoms with Crippen LogP contribution in [0.4, 0.5) is 5.00 Å². The molecule has 0 saturated carbocycles. The van der Waals surface area contributed by atoms with E-state index in [0.29, 0.717) is 21.5 Å². The molecule has 4 aromatic rings. The van der Waals surface area contributed by atoms with Crippen molar-refractivity contribution in [2.45, 2.75) is 63.9 Å². The predicted molar refractivity (Wildman–Crippen MR) is 157 cm³/mol. The van der Waals surface area contributed by atoms with Crippen molar-refractivity contribution in [3.8, 4) is 5.69 Å². The SMILES string of the molecule is CCOC(=O)c1c(NC(=O)[C@H](C)Sc2nnc(CNC(=O)c3ccco3)n2-c2cc(C)ccc2C)sc2c1CCC2. The van der Waals surface area contributed by atoms with Gasteiger partial charge >= 0.3 is 5.97 Å². The number of thiophene rings is 1. The monoisotopic (exact) mass is 593 g/mol. The molecule has 1 aliphatic carbocycles. The van der Waals surface area contributed by atoms with Gasteiger partial charge in [0.05, 0.1) is 35.9 Å². The van der Waals surface area contributed by atoms with Gasteiger partial charge in [-0.25, -0.2) is 4.79 Å². The maximum absolute atomic E-state index is 13.4. The Balaban J connectivity index is 1.39. The summed E-state index contributed by atoms with van der Waals surface area (Å²) in [5.41, 5.74) is 4.35. The standard InChI is InChI=1S/C29H31N5O5S2/c1-5-38-28(37)24-19-8-6-10-22(19)41-27(24)31-25(35)18(4)40-29-33-32-23(15-30-26(36)21-9-7-13-39-21)34(29)20-14-16(2)11-12-17(20)3/h7,9,11-14,18H,5-6,8,10,15H2,1-4H3,(H,30,36)(H,31,35)/t18-/m0/s1. The molecule has 41 heavy (non-hydrogen) atoms. The van der Waals surface area contributed by atoms with E-state index in [9.17, 15) is 14.4 Å². The molecule has 0 bridgehead atoms. The van der Waals surface area contributed by atoms with Gasteiger partial charge in [0.1, 0.15) is 5.00 Å². The average Bonchev–Trinajstić information content (AvgIpc) is 3.74. The molecule has 214 valence electrons. The minimum atomic E-state index is -0.569. The van der Waals surface area contributed by atoms with Crippen molar-refractivity contribution in [1.29, 1.82) is 0 Å². The molecule has 0 fully saturated rings. The van der Waals surface area contributed by atoms with Gasteiger partial charge in [0.15, 0.2) is 16.7 Å². The summed E-state index contributed by atoms with van der Waals surface area (Å²) in [6.45, 7) is 7.90. The van der Waals surface area contributed by atoms with Gasteiger partial charge in [-0.15, -0.1) is 21.5 Å². The third-order valence-electron chi connectivity index (χ3n) is 6.75. The zero-order chi connectivity index (χ0) is 29.1. The molecule has 2 amide bonds. The van der Waals surface area contributed by atoms with E-state index in [0.717, 1.165) is 46.5 Å². The maximum Gasteiger partial charge on any atom is 0.341 e. The number of hydrogen-bond acceptors (Lipinski definition) is 9. The number of nitrogens with zero attached hydrogens (tertiary/aromatic N) is 3. The number of amides is 2. The second-order valence-electron chi connectivity index (χ2n) is 9.72. The Hall–Kier alpha value is -3.90. The van der Waals surface area contributed by atoms with Crippen LogP contribution >= 0.6 is 23.1 Å². The number of thioether (sulfide) groups is 1. The molecule has 0 saturated heterocycles. The number of furan rings is 1. The third-order valence-corrected chi connectivity index (χ3v) is 9.00. The van der Waals surface area contributed by atoms with Crippen molar-refractivity contribution >= 4 is 45.9 Å². The molecule has 1 atom stereocenters. The first-order chi connectivity index (χ1) is 19.8. The van der Waals surface area contributed by atoms with Crippen LogP contribution in [0.15, 0.2) is 46.2 Å². The van der Waals surface area contributed by atoms with Gasteiger partial charge < -0.3 is 19.8 Å². The lowest BCUT2D eigenvalue weighted by Gasteiger charge is -2.16. The summed E-state index contributed by atoms with van der Waals surface area (Å²) in [6.07, 6.45) is 4.13. The Bertz CT molecular complexity index is 1590. The van der Waals surface area contributed by atoms with Crippen molar-refractivity contribution in [2.24, 2.45) is 0 Å². The van der Waals surface area contributed by atoms with Crippen LogP contribution in [-0.4, -0.2) is 44.4 Å². The van der Waals surface area contributed by atoms with Gasteiger partial charge in [0.2, 0.25) is 5.91 Å². The highest BCUT2D eigenvalue weighted by molar-refractivity contribution is 8.00. The van der Waals surface area contributed by atoms with E-state index in [-0.39, 0.29) is 30.7 Å². The van der Waals surface area contributed by atoms with Crippen LogP contribution < -0.4 is 10.6 Å². The topological polar surface area (TPSA) is 128 Å². The van der Waals surface area contributed by atoms with E-state index < -0.39 is 11.2 Å². The van der Waals surface area contributed by atoms with Gasteiger partial charge in [0, 0.05) is 4.88 Å². The summed E-state index contributed by atoms with van der Waals surface area (Å²) in [4.78, 5) is 39.8. The van der Waals surface area contributed by atoms with Gasteiger partial charge in [0.25, 0.3) is 5.91 Å². The number of rotatable bonds is 10. The molecule has 0 unspecified atom stereocenters. The second kappa shape index (κ2) is 12.3. The summed E-state index contributed by atoms with van der Waals surface area (Å²) < 4.78 is 12.4. The highest BCUT2D eigenvalue weighted by atomic mass is 32.2. The van der Waals surface area contributed by atoms with Crippen molar-refractivity contribution in [1.82, 2.24) is 20.1 Å². The van der Waals surface area contributed by atoms with Crippen LogP contribution in [0.1, 0.15) is 68.6 Å². The molecule has 0 radical (unpaired) electrons. The first-order valence-corrected chi connectivity index (χ1v) is 15.1. The summed E-state index contributed by atoms with van der Waals surface area (Å²) >= 11 is 2.70. The minimum Gasteiger partial charge on any atom is -0.462 e. The van der Waals surface area contributed by atoms with Crippen molar-refractivity contribution in [2.75, 3.05) is 11.9 Å². The molecule has 5 rings (SSSR count). The van der Waals surface area contributed by atoms with Crippen molar-refractivity contribution in [3.63, 3.8) is 0 Å². The number of hydrogen-bond donors (Lipinski definition) is 2. The highest BCUT2D eigenvalue weighted by Crippen LogP contribution is 2.40. The molecule has 1 aromatic carbocycles. The summed E-state index contributed by atoms with van der Waals surface area (Å²) in [7, 11) is 0. The van der Waals surface area contributed by atoms with Crippen molar-refractivity contribution in [3.05, 3.63) is 75.3 Å².